The first-order valence-electron chi connectivity index (χ1n) is 6.23. The van der Waals surface area contributed by atoms with Gasteiger partial charge in [0.05, 0.1) is 12.6 Å². The van der Waals surface area contributed by atoms with Crippen molar-refractivity contribution in [3.05, 3.63) is 0 Å². The van der Waals surface area contributed by atoms with Crippen LogP contribution in [0.2, 0.25) is 0 Å². The van der Waals surface area contributed by atoms with Crippen molar-refractivity contribution < 1.29 is 14.7 Å². The maximum absolute atomic E-state index is 11.8. The molecule has 3 unspecified atom stereocenters. The smallest absolute Gasteiger partial charge is 0.232 e. The Kier molecular flexibility index (Phi) is 5.08. The number of rotatable bonds is 6. The van der Waals surface area contributed by atoms with E-state index < -0.39 is 6.10 Å². The van der Waals surface area contributed by atoms with Crippen molar-refractivity contribution in [2.24, 2.45) is 11.8 Å². The van der Waals surface area contributed by atoms with Crippen LogP contribution in [0.15, 0.2) is 0 Å². The molecule has 2 N–H and O–H groups in total. The molecule has 1 heterocycles. The Morgan fingerprint density at radius 2 is 1.82 bits per heavy atom. The lowest BCUT2D eigenvalue weighted by molar-refractivity contribution is -0.141. The van der Waals surface area contributed by atoms with Gasteiger partial charge in [-0.05, 0) is 13.0 Å². The van der Waals surface area contributed by atoms with Gasteiger partial charge in [0.1, 0.15) is 0 Å². The van der Waals surface area contributed by atoms with Gasteiger partial charge in [-0.15, -0.1) is 0 Å². The fourth-order valence-electron chi connectivity index (χ4n) is 1.93. The third kappa shape index (κ3) is 3.26. The van der Waals surface area contributed by atoms with Gasteiger partial charge in [-0.1, -0.05) is 20.8 Å². The van der Waals surface area contributed by atoms with Crippen molar-refractivity contribution in [2.45, 2.75) is 33.3 Å². The first-order valence-corrected chi connectivity index (χ1v) is 6.23. The van der Waals surface area contributed by atoms with Gasteiger partial charge >= 0.3 is 0 Å². The predicted octanol–water partition coefficient (Wildman–Crippen LogP) is -0.0121. The maximum Gasteiger partial charge on any atom is 0.232 e. The molecule has 0 spiro atoms. The highest BCUT2D eigenvalue weighted by molar-refractivity contribution is 6.04. The van der Waals surface area contributed by atoms with E-state index in [4.69, 9.17) is 0 Å². The lowest BCUT2D eigenvalue weighted by Gasteiger charge is -2.19. The normalized spacial score (nSPS) is 26.7. The molecule has 1 rings (SSSR count). The average Bonchev–Trinajstić information content (AvgIpc) is 2.47. The van der Waals surface area contributed by atoms with Crippen LogP contribution in [0.1, 0.15) is 27.2 Å². The molecule has 5 heteroatoms. The van der Waals surface area contributed by atoms with Crippen LogP contribution in [0.5, 0.6) is 0 Å². The molecule has 1 saturated heterocycles. The monoisotopic (exact) mass is 242 g/mol. The number of hydrogen-bond donors (Lipinski definition) is 2. The number of hydrogen-bond acceptors (Lipinski definition) is 4. The van der Waals surface area contributed by atoms with Crippen LogP contribution in [-0.2, 0) is 9.59 Å². The van der Waals surface area contributed by atoms with E-state index in [1.165, 1.54) is 4.90 Å². The molecule has 3 atom stereocenters. The fourth-order valence-corrected chi connectivity index (χ4v) is 1.93. The highest BCUT2D eigenvalue weighted by Gasteiger charge is 2.42. The number of β-amino-alcohol motifs (C(OH)–C–C–N with tert-alkyl or cyclic N) is 1. The number of imide groups is 1. The Bertz CT molecular complexity index is 273. The van der Waals surface area contributed by atoms with Crippen LogP contribution >= 0.6 is 0 Å². The largest absolute Gasteiger partial charge is 0.390 e. The second-order valence-electron chi connectivity index (χ2n) is 4.72. The molecular weight excluding hydrogens is 220 g/mol. The SMILES string of the molecule is CCCNCC(O)CN1C(=O)C(C)C(C)C1=O. The van der Waals surface area contributed by atoms with Crippen LogP contribution in [0, 0.1) is 11.8 Å². The van der Waals surface area contributed by atoms with E-state index in [9.17, 15) is 14.7 Å². The molecule has 0 bridgehead atoms. The first-order chi connectivity index (χ1) is 7.99. The van der Waals surface area contributed by atoms with Gasteiger partial charge in [-0.3, -0.25) is 14.5 Å². The van der Waals surface area contributed by atoms with E-state index in [0.717, 1.165) is 13.0 Å². The van der Waals surface area contributed by atoms with Crippen molar-refractivity contribution in [1.82, 2.24) is 10.2 Å². The quantitative estimate of drug-likeness (QED) is 0.507. The molecular formula is C12H22N2O3. The van der Waals surface area contributed by atoms with Crippen LogP contribution < -0.4 is 5.32 Å². The molecule has 0 aliphatic carbocycles. The minimum Gasteiger partial charge on any atom is -0.390 e. The summed E-state index contributed by atoms with van der Waals surface area (Å²) in [5.74, 6) is -0.870. The zero-order valence-corrected chi connectivity index (χ0v) is 10.8. The highest BCUT2D eigenvalue weighted by Crippen LogP contribution is 2.25. The molecule has 17 heavy (non-hydrogen) atoms. The van der Waals surface area contributed by atoms with Gasteiger partial charge in [0.25, 0.3) is 0 Å². The maximum atomic E-state index is 11.8. The second-order valence-corrected chi connectivity index (χ2v) is 4.72. The van der Waals surface area contributed by atoms with E-state index in [-0.39, 0.29) is 30.2 Å². The summed E-state index contributed by atoms with van der Waals surface area (Å²) in [6.07, 6.45) is 0.300. The van der Waals surface area contributed by atoms with Gasteiger partial charge in [0.2, 0.25) is 11.8 Å². The summed E-state index contributed by atoms with van der Waals surface area (Å²) < 4.78 is 0. The lowest BCUT2D eigenvalue weighted by Crippen LogP contribution is -2.41. The zero-order valence-electron chi connectivity index (χ0n) is 10.8. The Labute approximate surface area is 102 Å². The Balaban J connectivity index is 2.45. The molecule has 0 aromatic rings. The van der Waals surface area contributed by atoms with Gasteiger partial charge < -0.3 is 10.4 Å². The summed E-state index contributed by atoms with van der Waals surface area (Å²) in [5.41, 5.74) is 0. The summed E-state index contributed by atoms with van der Waals surface area (Å²) in [6, 6.07) is 0. The second kappa shape index (κ2) is 6.12. The van der Waals surface area contributed by atoms with E-state index in [1.807, 2.05) is 6.92 Å². The number of aliphatic hydroxyl groups excluding tert-OH is 1. The van der Waals surface area contributed by atoms with E-state index in [0.29, 0.717) is 6.54 Å². The van der Waals surface area contributed by atoms with E-state index >= 15 is 0 Å². The Morgan fingerprint density at radius 1 is 1.29 bits per heavy atom. The number of carbonyl (C=O) groups is 2. The number of amides is 2. The standard InChI is InChI=1S/C12H22N2O3/c1-4-5-13-6-10(15)7-14-11(16)8(2)9(3)12(14)17/h8-10,13,15H,4-7H2,1-3H3. The van der Waals surface area contributed by atoms with Gasteiger partial charge in [0, 0.05) is 18.4 Å². The van der Waals surface area contributed by atoms with Crippen LogP contribution in [-0.4, -0.2) is 47.6 Å². The Hall–Kier alpha value is -0.940. The Morgan fingerprint density at radius 3 is 2.29 bits per heavy atom. The first kappa shape index (κ1) is 14.1. The molecule has 1 aliphatic heterocycles. The van der Waals surface area contributed by atoms with Crippen molar-refractivity contribution in [2.75, 3.05) is 19.6 Å². The summed E-state index contributed by atoms with van der Waals surface area (Å²) in [4.78, 5) is 24.7. The summed E-state index contributed by atoms with van der Waals surface area (Å²) in [5, 5.41) is 12.8. The molecule has 0 aromatic heterocycles. The third-order valence-corrected chi connectivity index (χ3v) is 3.26. The van der Waals surface area contributed by atoms with E-state index in [1.54, 1.807) is 13.8 Å². The number of nitrogens with zero attached hydrogens (tertiary/aromatic N) is 1. The lowest BCUT2D eigenvalue weighted by atomic mass is 10.00. The molecule has 1 fully saturated rings. The van der Waals surface area contributed by atoms with Gasteiger partial charge in [-0.2, -0.15) is 0 Å². The number of aliphatic hydroxyl groups is 1. The minimum absolute atomic E-state index is 0.100. The molecule has 0 aromatic carbocycles. The van der Waals surface area contributed by atoms with Crippen molar-refractivity contribution in [3.63, 3.8) is 0 Å². The molecule has 1 aliphatic rings. The molecule has 5 nitrogen and oxygen atoms in total. The fraction of sp³-hybridized carbons (Fsp3) is 0.833. The molecule has 0 saturated carbocycles. The van der Waals surface area contributed by atoms with Gasteiger partial charge in [-0.25, -0.2) is 0 Å². The minimum atomic E-state index is -0.688. The summed E-state index contributed by atoms with van der Waals surface area (Å²) in [7, 11) is 0. The zero-order chi connectivity index (χ0) is 13.0. The van der Waals surface area contributed by atoms with Crippen molar-refractivity contribution in [3.8, 4) is 0 Å². The predicted molar refractivity (Wildman–Crippen MR) is 64.2 cm³/mol. The number of nitrogens with one attached hydrogen (secondary N) is 1. The molecule has 0 radical (unpaired) electrons. The summed E-state index contributed by atoms with van der Waals surface area (Å²) in [6.45, 7) is 6.89. The van der Waals surface area contributed by atoms with Crippen molar-refractivity contribution in [1.29, 1.82) is 0 Å². The number of likely N-dealkylation sites (tertiary alicyclic amines) is 1. The molecule has 2 amide bonds. The number of carbonyl (C=O) groups excluding carboxylic acids is 2. The van der Waals surface area contributed by atoms with Crippen LogP contribution in [0.25, 0.3) is 0 Å². The van der Waals surface area contributed by atoms with Crippen molar-refractivity contribution >= 4 is 11.8 Å². The third-order valence-electron chi connectivity index (χ3n) is 3.26. The highest BCUT2D eigenvalue weighted by atomic mass is 16.3. The topological polar surface area (TPSA) is 69.6 Å². The van der Waals surface area contributed by atoms with E-state index in [2.05, 4.69) is 5.32 Å². The van der Waals surface area contributed by atoms with Gasteiger partial charge in [0.15, 0.2) is 0 Å². The molecule has 98 valence electrons. The summed E-state index contributed by atoms with van der Waals surface area (Å²) >= 11 is 0. The average molecular weight is 242 g/mol. The van der Waals surface area contributed by atoms with Crippen LogP contribution in [0.3, 0.4) is 0 Å². The van der Waals surface area contributed by atoms with Crippen LogP contribution in [0.4, 0.5) is 0 Å².